The SMILES string of the molecule is OC[C@H]1O[C@@H](OCCCOCCCO[C@H]2O[C@H](CO)[C@H](O)[C@H](O)[C@H]2O)[C@H](O)[C@@H](O)[C@H]1O. The van der Waals surface area contributed by atoms with Crippen molar-refractivity contribution in [3.63, 3.8) is 0 Å². The molecule has 0 aromatic carbocycles. The normalized spacial score (nSPS) is 41.4. The molecule has 2 fully saturated rings. The van der Waals surface area contributed by atoms with Crippen LogP contribution in [0.25, 0.3) is 0 Å². The van der Waals surface area contributed by atoms with Gasteiger partial charge in [0.1, 0.15) is 48.8 Å². The van der Waals surface area contributed by atoms with E-state index in [2.05, 4.69) is 0 Å². The fourth-order valence-corrected chi connectivity index (χ4v) is 3.23. The van der Waals surface area contributed by atoms with Gasteiger partial charge in [0, 0.05) is 13.2 Å². The molecule has 2 saturated heterocycles. The zero-order valence-electron chi connectivity index (χ0n) is 17.0. The molecule has 2 aliphatic rings. The third-order valence-corrected chi connectivity index (χ3v) is 5.13. The minimum absolute atomic E-state index is 0.143. The predicted octanol–water partition coefficient (Wildman–Crippen LogP) is -4.58. The molecule has 184 valence electrons. The Hall–Kier alpha value is -0.520. The summed E-state index contributed by atoms with van der Waals surface area (Å²) in [6, 6.07) is 0. The molecular formula is C18H34O13. The van der Waals surface area contributed by atoms with Crippen LogP contribution in [0.5, 0.6) is 0 Å². The molecule has 0 amide bonds. The summed E-state index contributed by atoms with van der Waals surface area (Å²) in [7, 11) is 0. The third kappa shape index (κ3) is 7.23. The van der Waals surface area contributed by atoms with Crippen molar-refractivity contribution in [2.24, 2.45) is 0 Å². The monoisotopic (exact) mass is 458 g/mol. The number of rotatable bonds is 12. The van der Waals surface area contributed by atoms with Crippen LogP contribution in [0.3, 0.4) is 0 Å². The van der Waals surface area contributed by atoms with Gasteiger partial charge in [-0.2, -0.15) is 0 Å². The Kier molecular flexibility index (Phi) is 11.4. The van der Waals surface area contributed by atoms with Crippen molar-refractivity contribution in [3.8, 4) is 0 Å². The van der Waals surface area contributed by atoms with Crippen molar-refractivity contribution in [3.05, 3.63) is 0 Å². The van der Waals surface area contributed by atoms with Crippen LogP contribution in [0.2, 0.25) is 0 Å². The molecule has 0 unspecified atom stereocenters. The zero-order valence-corrected chi connectivity index (χ0v) is 17.0. The van der Waals surface area contributed by atoms with E-state index in [1.165, 1.54) is 0 Å². The molecule has 13 heteroatoms. The molecule has 0 aromatic heterocycles. The standard InChI is InChI=1S/C18H34O13/c19-7-9-11(21)13(23)15(25)17(30-9)28-5-1-3-27-4-2-6-29-18-16(26)14(24)12(22)10(8-20)31-18/h9-26H,1-8H2/t9-,10-,11+,12+,13+,14+,15-,16-,17-,18+/m1/s1. The predicted molar refractivity (Wildman–Crippen MR) is 99.5 cm³/mol. The Bertz CT molecular complexity index is 451. The van der Waals surface area contributed by atoms with E-state index < -0.39 is 74.6 Å². The van der Waals surface area contributed by atoms with Gasteiger partial charge in [-0.25, -0.2) is 0 Å². The molecule has 0 radical (unpaired) electrons. The van der Waals surface area contributed by atoms with Crippen LogP contribution in [-0.2, 0) is 23.7 Å². The van der Waals surface area contributed by atoms with Crippen LogP contribution in [0.4, 0.5) is 0 Å². The van der Waals surface area contributed by atoms with E-state index in [9.17, 15) is 30.6 Å². The average molecular weight is 458 g/mol. The number of ether oxygens (including phenoxy) is 5. The summed E-state index contributed by atoms with van der Waals surface area (Å²) in [4.78, 5) is 0. The molecule has 0 aliphatic carbocycles. The lowest BCUT2D eigenvalue weighted by molar-refractivity contribution is -0.301. The Morgan fingerprint density at radius 3 is 1.26 bits per heavy atom. The molecule has 0 spiro atoms. The molecule has 31 heavy (non-hydrogen) atoms. The molecule has 2 heterocycles. The molecule has 2 aliphatic heterocycles. The van der Waals surface area contributed by atoms with Crippen LogP contribution < -0.4 is 0 Å². The highest BCUT2D eigenvalue weighted by Crippen LogP contribution is 2.23. The van der Waals surface area contributed by atoms with Gasteiger partial charge in [0.25, 0.3) is 0 Å². The van der Waals surface area contributed by atoms with Gasteiger partial charge in [-0.15, -0.1) is 0 Å². The first-order chi connectivity index (χ1) is 14.8. The van der Waals surface area contributed by atoms with Crippen molar-refractivity contribution >= 4 is 0 Å². The van der Waals surface area contributed by atoms with Crippen LogP contribution in [-0.4, -0.2) is 142 Å². The summed E-state index contributed by atoms with van der Waals surface area (Å²) < 4.78 is 26.5. The van der Waals surface area contributed by atoms with Crippen molar-refractivity contribution < 1.29 is 64.5 Å². The maximum absolute atomic E-state index is 9.85. The van der Waals surface area contributed by atoms with Crippen LogP contribution in [0.15, 0.2) is 0 Å². The summed E-state index contributed by atoms with van der Waals surface area (Å²) in [5.74, 6) is 0. The van der Waals surface area contributed by atoms with E-state index >= 15 is 0 Å². The molecule has 10 atom stereocenters. The first-order valence-electron chi connectivity index (χ1n) is 10.2. The van der Waals surface area contributed by atoms with E-state index in [0.717, 1.165) is 0 Å². The second-order valence-electron chi connectivity index (χ2n) is 7.46. The first-order valence-corrected chi connectivity index (χ1v) is 10.2. The summed E-state index contributed by atoms with van der Waals surface area (Å²) in [6.45, 7) is -0.138. The quantitative estimate of drug-likeness (QED) is 0.130. The van der Waals surface area contributed by atoms with Crippen molar-refractivity contribution in [1.82, 2.24) is 0 Å². The lowest BCUT2D eigenvalue weighted by Gasteiger charge is -2.39. The molecule has 0 bridgehead atoms. The van der Waals surface area contributed by atoms with E-state index in [0.29, 0.717) is 26.1 Å². The number of aliphatic hydroxyl groups is 8. The van der Waals surface area contributed by atoms with Gasteiger partial charge < -0.3 is 64.5 Å². The Labute approximate surface area is 179 Å². The van der Waals surface area contributed by atoms with Gasteiger partial charge in [-0.1, -0.05) is 0 Å². The maximum atomic E-state index is 9.85. The van der Waals surface area contributed by atoms with Gasteiger partial charge in [0.05, 0.1) is 26.4 Å². The van der Waals surface area contributed by atoms with Gasteiger partial charge in [0.15, 0.2) is 12.6 Å². The smallest absolute Gasteiger partial charge is 0.186 e. The lowest BCUT2D eigenvalue weighted by atomic mass is 9.99. The molecule has 8 N–H and O–H groups in total. The largest absolute Gasteiger partial charge is 0.394 e. The van der Waals surface area contributed by atoms with Crippen LogP contribution >= 0.6 is 0 Å². The van der Waals surface area contributed by atoms with Crippen LogP contribution in [0, 0.1) is 0 Å². The first kappa shape index (κ1) is 26.7. The minimum atomic E-state index is -1.49. The lowest BCUT2D eigenvalue weighted by Crippen LogP contribution is -2.59. The number of hydrogen-bond donors (Lipinski definition) is 8. The fraction of sp³-hybridized carbons (Fsp3) is 1.00. The second-order valence-corrected chi connectivity index (χ2v) is 7.46. The molecular weight excluding hydrogens is 424 g/mol. The van der Waals surface area contributed by atoms with Crippen molar-refractivity contribution in [2.45, 2.75) is 74.3 Å². The topological polar surface area (TPSA) is 208 Å². The summed E-state index contributed by atoms with van der Waals surface area (Å²) in [6.07, 6.45) is -12.3. The average Bonchev–Trinajstić information content (AvgIpc) is 2.77. The second kappa shape index (κ2) is 13.3. The van der Waals surface area contributed by atoms with Gasteiger partial charge in [-0.05, 0) is 12.8 Å². The van der Waals surface area contributed by atoms with Gasteiger partial charge in [0.2, 0.25) is 0 Å². The van der Waals surface area contributed by atoms with E-state index in [1.807, 2.05) is 0 Å². The van der Waals surface area contributed by atoms with Crippen LogP contribution in [0.1, 0.15) is 12.8 Å². The summed E-state index contributed by atoms with van der Waals surface area (Å²) in [5, 5.41) is 76.7. The highest BCUT2D eigenvalue weighted by Gasteiger charge is 2.44. The van der Waals surface area contributed by atoms with Crippen molar-refractivity contribution in [2.75, 3.05) is 39.6 Å². The Morgan fingerprint density at radius 1 is 0.516 bits per heavy atom. The van der Waals surface area contributed by atoms with Crippen molar-refractivity contribution in [1.29, 1.82) is 0 Å². The molecule has 0 aromatic rings. The maximum Gasteiger partial charge on any atom is 0.186 e. The highest BCUT2D eigenvalue weighted by atomic mass is 16.7. The summed E-state index contributed by atoms with van der Waals surface area (Å²) >= 11 is 0. The van der Waals surface area contributed by atoms with E-state index in [4.69, 9.17) is 33.9 Å². The molecule has 2 rings (SSSR count). The Morgan fingerprint density at radius 2 is 0.903 bits per heavy atom. The molecule has 13 nitrogen and oxygen atoms in total. The minimum Gasteiger partial charge on any atom is -0.394 e. The van der Waals surface area contributed by atoms with E-state index in [-0.39, 0.29) is 13.2 Å². The third-order valence-electron chi connectivity index (χ3n) is 5.13. The zero-order chi connectivity index (χ0) is 23.0. The van der Waals surface area contributed by atoms with Gasteiger partial charge >= 0.3 is 0 Å². The number of aliphatic hydroxyl groups excluding tert-OH is 8. The van der Waals surface area contributed by atoms with Gasteiger partial charge in [-0.3, -0.25) is 0 Å². The number of hydrogen-bond acceptors (Lipinski definition) is 13. The fourth-order valence-electron chi connectivity index (χ4n) is 3.23. The Balaban J connectivity index is 1.53. The molecule has 0 saturated carbocycles. The van der Waals surface area contributed by atoms with E-state index in [1.54, 1.807) is 0 Å². The highest BCUT2D eigenvalue weighted by molar-refractivity contribution is 4.89. The summed E-state index contributed by atoms with van der Waals surface area (Å²) in [5.41, 5.74) is 0.